The lowest BCUT2D eigenvalue weighted by Crippen LogP contribution is -2.28. The van der Waals surface area contributed by atoms with Crippen molar-refractivity contribution in [1.29, 1.82) is 0 Å². The number of rotatable bonds is 7. The van der Waals surface area contributed by atoms with Gasteiger partial charge in [0, 0.05) is 18.6 Å². The summed E-state index contributed by atoms with van der Waals surface area (Å²) in [5, 5.41) is 0. The van der Waals surface area contributed by atoms with E-state index in [1.165, 1.54) is 6.92 Å². The number of ether oxygens (including phenoxy) is 3. The summed E-state index contributed by atoms with van der Waals surface area (Å²) in [7, 11) is 0. The van der Waals surface area contributed by atoms with Crippen molar-refractivity contribution in [3.05, 3.63) is 12.2 Å². The molecule has 1 aliphatic carbocycles. The van der Waals surface area contributed by atoms with Gasteiger partial charge in [0.1, 0.15) is 0 Å². The molecule has 128 valence electrons. The van der Waals surface area contributed by atoms with Gasteiger partial charge >= 0.3 is 23.9 Å². The fourth-order valence-corrected chi connectivity index (χ4v) is 2.28. The van der Waals surface area contributed by atoms with Crippen LogP contribution in [0.25, 0.3) is 0 Å². The number of carbonyl (C=O) groups excluding carboxylic acids is 4. The van der Waals surface area contributed by atoms with Gasteiger partial charge in [-0.15, -0.1) is 0 Å². The second-order valence-electron chi connectivity index (χ2n) is 5.31. The van der Waals surface area contributed by atoms with Crippen LogP contribution >= 0.6 is 0 Å². The van der Waals surface area contributed by atoms with Crippen LogP contribution in [-0.2, 0) is 33.4 Å². The monoisotopic (exact) mass is 326 g/mol. The van der Waals surface area contributed by atoms with E-state index in [1.807, 2.05) is 0 Å². The normalized spacial score (nSPS) is 16.1. The molecule has 7 heteroatoms. The smallest absolute Gasteiger partial charge is 0.354 e. The molecule has 1 aliphatic rings. The summed E-state index contributed by atoms with van der Waals surface area (Å²) < 4.78 is 14.0. The molecule has 0 heterocycles. The second kappa shape index (κ2) is 9.76. The molecule has 0 spiro atoms. The van der Waals surface area contributed by atoms with E-state index >= 15 is 0 Å². The van der Waals surface area contributed by atoms with Crippen LogP contribution in [0.15, 0.2) is 12.2 Å². The summed E-state index contributed by atoms with van der Waals surface area (Å²) >= 11 is 0. The van der Waals surface area contributed by atoms with Gasteiger partial charge in [-0.3, -0.25) is 4.79 Å². The van der Waals surface area contributed by atoms with Crippen molar-refractivity contribution in [2.75, 3.05) is 6.61 Å². The molecule has 0 aromatic carbocycles. The summed E-state index contributed by atoms with van der Waals surface area (Å²) in [5.41, 5.74) is 0. The van der Waals surface area contributed by atoms with Gasteiger partial charge in [-0.25, -0.2) is 14.4 Å². The molecule has 0 N–H and O–H groups in total. The molecule has 0 bridgehead atoms. The highest BCUT2D eigenvalue weighted by atomic mass is 16.6. The highest BCUT2D eigenvalue weighted by Gasteiger charge is 2.24. The van der Waals surface area contributed by atoms with Gasteiger partial charge in [-0.2, -0.15) is 0 Å². The Morgan fingerprint density at radius 3 is 2.30 bits per heavy atom. The average molecular weight is 326 g/mol. The van der Waals surface area contributed by atoms with Gasteiger partial charge in [0.25, 0.3) is 0 Å². The van der Waals surface area contributed by atoms with Crippen LogP contribution in [0.5, 0.6) is 0 Å². The summed E-state index contributed by atoms with van der Waals surface area (Å²) in [6.45, 7) is 3.11. The Hall–Kier alpha value is -2.18. The first kappa shape index (κ1) is 18.9. The van der Waals surface area contributed by atoms with E-state index in [0.717, 1.165) is 37.8 Å². The quantitative estimate of drug-likeness (QED) is 0.304. The molecule has 1 rings (SSSR count). The molecular formula is C16H22O7. The first-order valence-electron chi connectivity index (χ1n) is 7.72. The second-order valence-corrected chi connectivity index (χ2v) is 5.31. The summed E-state index contributed by atoms with van der Waals surface area (Å²) in [6, 6.07) is 0. The summed E-state index contributed by atoms with van der Waals surface area (Å²) in [4.78, 5) is 45.7. The third kappa shape index (κ3) is 7.58. The lowest BCUT2D eigenvalue weighted by molar-refractivity contribution is -0.171. The zero-order chi connectivity index (χ0) is 17.2. The largest absolute Gasteiger partial charge is 0.463 e. The fraction of sp³-hybridized carbons (Fsp3) is 0.625. The highest BCUT2D eigenvalue weighted by molar-refractivity contribution is 5.93. The van der Waals surface area contributed by atoms with Crippen molar-refractivity contribution in [2.45, 2.75) is 52.1 Å². The Labute approximate surface area is 135 Å². The van der Waals surface area contributed by atoms with Crippen molar-refractivity contribution in [2.24, 2.45) is 5.92 Å². The standard InChI is InChI=1S/C16H22O7/c1-3-21-13(17)8-9-14(18)22-11(2)16(20)23-15(19)10-12-6-4-5-7-12/h8-9,11-12H,3-7,10H2,1-2H3/b9-8-. The summed E-state index contributed by atoms with van der Waals surface area (Å²) in [5.74, 6) is -2.85. The first-order chi connectivity index (χ1) is 10.9. The van der Waals surface area contributed by atoms with Gasteiger partial charge in [-0.05, 0) is 32.6 Å². The predicted molar refractivity (Wildman–Crippen MR) is 79.0 cm³/mol. The van der Waals surface area contributed by atoms with Crippen LogP contribution in [0, 0.1) is 5.92 Å². The molecule has 1 saturated carbocycles. The van der Waals surface area contributed by atoms with E-state index in [4.69, 9.17) is 4.74 Å². The van der Waals surface area contributed by atoms with Crippen molar-refractivity contribution >= 4 is 23.9 Å². The number of hydrogen-bond acceptors (Lipinski definition) is 7. The van der Waals surface area contributed by atoms with Crippen molar-refractivity contribution in [3.63, 3.8) is 0 Å². The maximum Gasteiger partial charge on any atom is 0.354 e. The minimum Gasteiger partial charge on any atom is -0.463 e. The zero-order valence-corrected chi connectivity index (χ0v) is 13.4. The topological polar surface area (TPSA) is 96.0 Å². The molecular weight excluding hydrogens is 304 g/mol. The molecule has 0 aromatic rings. The van der Waals surface area contributed by atoms with Crippen molar-refractivity contribution < 1.29 is 33.4 Å². The fourth-order valence-electron chi connectivity index (χ4n) is 2.28. The Bertz CT molecular complexity index is 475. The minimum atomic E-state index is -1.23. The Morgan fingerprint density at radius 1 is 1.09 bits per heavy atom. The third-order valence-electron chi connectivity index (χ3n) is 3.41. The molecule has 0 aliphatic heterocycles. The summed E-state index contributed by atoms with van der Waals surface area (Å²) in [6.07, 6.45) is 4.83. The molecule has 7 nitrogen and oxygen atoms in total. The van der Waals surface area contributed by atoms with Gasteiger partial charge in [-0.1, -0.05) is 12.8 Å². The van der Waals surface area contributed by atoms with Gasteiger partial charge in [0.15, 0.2) is 6.10 Å². The van der Waals surface area contributed by atoms with Crippen LogP contribution < -0.4 is 0 Å². The predicted octanol–water partition coefficient (Wildman–Crippen LogP) is 1.69. The maximum atomic E-state index is 11.7. The van der Waals surface area contributed by atoms with Crippen LogP contribution in [-0.4, -0.2) is 36.6 Å². The molecule has 1 unspecified atom stereocenters. The van der Waals surface area contributed by atoms with E-state index in [1.54, 1.807) is 6.92 Å². The van der Waals surface area contributed by atoms with Crippen LogP contribution in [0.1, 0.15) is 46.0 Å². The number of carbonyl (C=O) groups is 4. The Balaban J connectivity index is 2.33. The number of esters is 4. The Morgan fingerprint density at radius 2 is 1.70 bits per heavy atom. The molecule has 0 saturated heterocycles. The molecule has 1 atom stereocenters. The van der Waals surface area contributed by atoms with Gasteiger partial charge in [0.05, 0.1) is 6.61 Å². The van der Waals surface area contributed by atoms with E-state index < -0.39 is 30.0 Å². The van der Waals surface area contributed by atoms with Crippen LogP contribution in [0.2, 0.25) is 0 Å². The molecule has 1 fully saturated rings. The molecule has 0 aromatic heterocycles. The maximum absolute atomic E-state index is 11.7. The van der Waals surface area contributed by atoms with Crippen molar-refractivity contribution in [3.8, 4) is 0 Å². The average Bonchev–Trinajstić information content (AvgIpc) is 2.98. The Kier molecular flexibility index (Phi) is 8.01. The lowest BCUT2D eigenvalue weighted by Gasteiger charge is -2.12. The SMILES string of the molecule is CCOC(=O)/C=C\C(=O)OC(C)C(=O)OC(=O)CC1CCCC1. The molecule has 0 amide bonds. The van der Waals surface area contributed by atoms with Crippen molar-refractivity contribution in [1.82, 2.24) is 0 Å². The van der Waals surface area contributed by atoms with Crippen LogP contribution in [0.4, 0.5) is 0 Å². The minimum absolute atomic E-state index is 0.185. The van der Waals surface area contributed by atoms with E-state index in [0.29, 0.717) is 0 Å². The number of hydrogen-bond donors (Lipinski definition) is 0. The van der Waals surface area contributed by atoms with E-state index in [-0.39, 0.29) is 18.9 Å². The highest BCUT2D eigenvalue weighted by Crippen LogP contribution is 2.27. The molecule has 23 heavy (non-hydrogen) atoms. The third-order valence-corrected chi connectivity index (χ3v) is 3.41. The van der Waals surface area contributed by atoms with Gasteiger partial charge in [0.2, 0.25) is 0 Å². The van der Waals surface area contributed by atoms with Gasteiger partial charge < -0.3 is 14.2 Å². The zero-order valence-electron chi connectivity index (χ0n) is 13.4. The van der Waals surface area contributed by atoms with Crippen LogP contribution in [0.3, 0.4) is 0 Å². The molecule has 0 radical (unpaired) electrons. The van der Waals surface area contributed by atoms with E-state index in [9.17, 15) is 19.2 Å². The van der Waals surface area contributed by atoms with E-state index in [2.05, 4.69) is 9.47 Å². The lowest BCUT2D eigenvalue weighted by atomic mass is 10.0. The first-order valence-corrected chi connectivity index (χ1v) is 7.72.